The first kappa shape index (κ1) is 23.3. The molecule has 0 atom stereocenters. The number of carbonyl (C=O) groups is 1. The fraction of sp³-hybridized carbons (Fsp3) is 0.364. The number of anilines is 1. The maximum absolute atomic E-state index is 13.1. The maximum atomic E-state index is 13.1. The summed E-state index contributed by atoms with van der Waals surface area (Å²) in [4.78, 5) is 21.8. The van der Waals surface area contributed by atoms with Crippen LogP contribution in [0.4, 0.5) is 5.13 Å². The normalized spacial score (nSPS) is 14.1. The van der Waals surface area contributed by atoms with E-state index in [1.165, 1.54) is 11.3 Å². The van der Waals surface area contributed by atoms with Gasteiger partial charge in [0.15, 0.2) is 11.7 Å². The van der Waals surface area contributed by atoms with Crippen LogP contribution in [-0.2, 0) is 9.53 Å². The highest BCUT2D eigenvalue weighted by Crippen LogP contribution is 2.31. The van der Waals surface area contributed by atoms with Crippen molar-refractivity contribution in [1.82, 2.24) is 9.88 Å². The Morgan fingerprint density at radius 2 is 1.94 bits per heavy atom. The quantitative estimate of drug-likeness (QED) is 0.509. The first-order valence-electron chi connectivity index (χ1n) is 9.96. The number of hydrogen-bond acceptors (Lipinski definition) is 7. The monoisotopic (exact) mass is 463 g/mol. The minimum absolute atomic E-state index is 0. The van der Waals surface area contributed by atoms with Gasteiger partial charge in [-0.25, -0.2) is 4.98 Å². The molecule has 0 saturated carbocycles. The number of aromatic nitrogens is 1. The van der Waals surface area contributed by atoms with E-state index in [4.69, 9.17) is 19.2 Å². The van der Waals surface area contributed by atoms with Gasteiger partial charge in [-0.05, 0) is 24.3 Å². The van der Waals surface area contributed by atoms with Gasteiger partial charge in [-0.1, -0.05) is 29.5 Å². The Morgan fingerprint density at radius 1 is 1.16 bits per heavy atom. The summed E-state index contributed by atoms with van der Waals surface area (Å²) in [5, 5.41) is 0.674. The number of hydrogen-bond donors (Lipinski definition) is 0. The third-order valence-electron chi connectivity index (χ3n) is 4.96. The lowest BCUT2D eigenvalue weighted by molar-refractivity contribution is -0.120. The molecule has 7 nitrogen and oxygen atoms in total. The second-order valence-electron chi connectivity index (χ2n) is 6.93. The molecule has 1 aliphatic heterocycles. The van der Waals surface area contributed by atoms with Crippen LogP contribution in [-0.4, -0.2) is 68.9 Å². The molecule has 1 aliphatic rings. The molecule has 3 aromatic rings. The third kappa shape index (κ3) is 6.07. The molecule has 4 rings (SSSR count). The summed E-state index contributed by atoms with van der Waals surface area (Å²) in [5.74, 6) is 1.31. The van der Waals surface area contributed by atoms with Crippen molar-refractivity contribution in [1.29, 1.82) is 0 Å². The molecule has 2 aromatic carbocycles. The van der Waals surface area contributed by atoms with Gasteiger partial charge in [-0.15, -0.1) is 12.4 Å². The number of carbonyl (C=O) groups excluding carboxylic acids is 1. The van der Waals surface area contributed by atoms with Crippen molar-refractivity contribution in [2.45, 2.75) is 0 Å². The standard InChI is InChI=1S/C22H25N3O4S.ClH/c1-27-18-7-8-20-19(15-18)23-22(30-20)25(10-9-24-11-13-28-14-12-24)21(26)16-29-17-5-3-2-4-6-17;/h2-8,15H,9-14,16H2,1H3;1H. The fourth-order valence-electron chi connectivity index (χ4n) is 3.27. The highest BCUT2D eigenvalue weighted by Gasteiger charge is 2.22. The van der Waals surface area contributed by atoms with Crippen molar-refractivity contribution in [3.8, 4) is 11.5 Å². The maximum Gasteiger partial charge on any atom is 0.266 e. The van der Waals surface area contributed by atoms with Gasteiger partial charge in [0.05, 0.1) is 30.5 Å². The summed E-state index contributed by atoms with van der Waals surface area (Å²) >= 11 is 1.50. The number of thiazole rings is 1. The lowest BCUT2D eigenvalue weighted by Gasteiger charge is -2.29. The Morgan fingerprint density at radius 3 is 2.68 bits per heavy atom. The van der Waals surface area contributed by atoms with Crippen LogP contribution in [0, 0.1) is 0 Å². The first-order chi connectivity index (χ1) is 14.7. The molecular formula is C22H26ClN3O4S. The predicted molar refractivity (Wildman–Crippen MR) is 125 cm³/mol. The average Bonchev–Trinajstić information content (AvgIpc) is 3.22. The molecule has 0 N–H and O–H groups in total. The summed E-state index contributed by atoms with van der Waals surface area (Å²) in [6, 6.07) is 15.1. The zero-order valence-corrected chi connectivity index (χ0v) is 19.0. The smallest absolute Gasteiger partial charge is 0.266 e. The van der Waals surface area contributed by atoms with Crippen molar-refractivity contribution >= 4 is 45.0 Å². The van der Waals surface area contributed by atoms with Gasteiger partial charge in [0.1, 0.15) is 11.5 Å². The Hall–Kier alpha value is -2.39. The van der Waals surface area contributed by atoms with Crippen molar-refractivity contribution in [2.75, 3.05) is 58.0 Å². The topological polar surface area (TPSA) is 64.1 Å². The van der Waals surface area contributed by atoms with E-state index in [2.05, 4.69) is 4.90 Å². The van der Waals surface area contributed by atoms with E-state index < -0.39 is 0 Å². The van der Waals surface area contributed by atoms with E-state index >= 15 is 0 Å². The minimum atomic E-state index is -0.113. The second kappa shape index (κ2) is 11.3. The number of nitrogens with zero attached hydrogens (tertiary/aromatic N) is 3. The zero-order valence-electron chi connectivity index (χ0n) is 17.4. The van der Waals surface area contributed by atoms with Crippen molar-refractivity contribution in [3.05, 3.63) is 48.5 Å². The minimum Gasteiger partial charge on any atom is -0.497 e. The Bertz CT molecular complexity index is 979. The van der Waals surface area contributed by atoms with Crippen LogP contribution >= 0.6 is 23.7 Å². The molecule has 0 radical (unpaired) electrons. The molecule has 2 heterocycles. The number of halogens is 1. The lowest BCUT2D eigenvalue weighted by Crippen LogP contribution is -2.44. The number of morpholine rings is 1. The van der Waals surface area contributed by atoms with Crippen LogP contribution < -0.4 is 14.4 Å². The zero-order chi connectivity index (χ0) is 20.8. The summed E-state index contributed by atoms with van der Waals surface area (Å²) in [5.41, 5.74) is 0.822. The number of methoxy groups -OCH3 is 1. The molecule has 0 unspecified atom stereocenters. The lowest BCUT2D eigenvalue weighted by atomic mass is 10.3. The van der Waals surface area contributed by atoms with Crippen molar-refractivity contribution < 1.29 is 19.0 Å². The highest BCUT2D eigenvalue weighted by atomic mass is 35.5. The van der Waals surface area contributed by atoms with Crippen LogP contribution in [0.1, 0.15) is 0 Å². The van der Waals surface area contributed by atoms with E-state index in [0.717, 1.165) is 48.8 Å². The Labute approximate surface area is 191 Å². The number of rotatable bonds is 8. The van der Waals surface area contributed by atoms with Gasteiger partial charge in [-0.3, -0.25) is 14.6 Å². The molecule has 1 aromatic heterocycles. The summed E-state index contributed by atoms with van der Waals surface area (Å²) in [7, 11) is 1.63. The van der Waals surface area contributed by atoms with E-state index in [1.807, 2.05) is 48.5 Å². The van der Waals surface area contributed by atoms with Crippen LogP contribution in [0.25, 0.3) is 10.2 Å². The van der Waals surface area contributed by atoms with E-state index in [9.17, 15) is 4.79 Å². The molecule has 1 fully saturated rings. The first-order valence-corrected chi connectivity index (χ1v) is 10.8. The second-order valence-corrected chi connectivity index (χ2v) is 7.94. The van der Waals surface area contributed by atoms with Gasteiger partial charge < -0.3 is 14.2 Å². The molecule has 31 heavy (non-hydrogen) atoms. The molecule has 1 amide bonds. The fourth-order valence-corrected chi connectivity index (χ4v) is 4.26. The van der Waals surface area contributed by atoms with E-state index in [0.29, 0.717) is 17.4 Å². The van der Waals surface area contributed by atoms with E-state index in [1.54, 1.807) is 12.0 Å². The van der Waals surface area contributed by atoms with E-state index in [-0.39, 0.29) is 24.9 Å². The van der Waals surface area contributed by atoms with Crippen molar-refractivity contribution in [3.63, 3.8) is 0 Å². The predicted octanol–water partition coefficient (Wildman–Crippen LogP) is 3.47. The number of fused-ring (bicyclic) bond motifs is 1. The number of ether oxygens (including phenoxy) is 3. The van der Waals surface area contributed by atoms with Gasteiger partial charge in [0, 0.05) is 32.2 Å². The molecule has 0 bridgehead atoms. The van der Waals surface area contributed by atoms with Crippen LogP contribution in [0.3, 0.4) is 0 Å². The summed E-state index contributed by atoms with van der Waals surface area (Å²) < 4.78 is 17.4. The average molecular weight is 464 g/mol. The molecule has 9 heteroatoms. The molecule has 166 valence electrons. The van der Waals surface area contributed by atoms with Crippen LogP contribution in [0.2, 0.25) is 0 Å². The molecule has 1 saturated heterocycles. The largest absolute Gasteiger partial charge is 0.497 e. The SMILES string of the molecule is COc1ccc2sc(N(CCN3CCOCC3)C(=O)COc3ccccc3)nc2c1.Cl. The Balaban J connectivity index is 0.00000272. The number of para-hydroxylation sites is 1. The van der Waals surface area contributed by atoms with Gasteiger partial charge >= 0.3 is 0 Å². The molecule has 0 aliphatic carbocycles. The Kier molecular flexibility index (Phi) is 8.48. The summed E-state index contributed by atoms with van der Waals surface area (Å²) in [6.07, 6.45) is 0. The van der Waals surface area contributed by atoms with Crippen LogP contribution in [0.15, 0.2) is 48.5 Å². The number of benzene rings is 2. The molecule has 0 spiro atoms. The molecular weight excluding hydrogens is 438 g/mol. The number of amides is 1. The summed E-state index contributed by atoms with van der Waals surface area (Å²) in [6.45, 7) is 4.48. The van der Waals surface area contributed by atoms with Crippen molar-refractivity contribution in [2.24, 2.45) is 0 Å². The third-order valence-corrected chi connectivity index (χ3v) is 6.02. The van der Waals surface area contributed by atoms with Gasteiger partial charge in [-0.2, -0.15) is 0 Å². The highest BCUT2D eigenvalue weighted by molar-refractivity contribution is 7.22. The van der Waals surface area contributed by atoms with Gasteiger partial charge in [0.2, 0.25) is 0 Å². The van der Waals surface area contributed by atoms with Crippen LogP contribution in [0.5, 0.6) is 11.5 Å². The van der Waals surface area contributed by atoms with Gasteiger partial charge in [0.25, 0.3) is 5.91 Å².